The van der Waals surface area contributed by atoms with E-state index in [4.69, 9.17) is 0 Å². The van der Waals surface area contributed by atoms with Crippen molar-refractivity contribution in [2.45, 2.75) is 20.4 Å². The predicted molar refractivity (Wildman–Crippen MR) is 91.6 cm³/mol. The minimum atomic E-state index is -0.892. The number of nitrogens with one attached hydrogen (secondary N) is 1. The molecule has 1 aromatic heterocycles. The van der Waals surface area contributed by atoms with Crippen molar-refractivity contribution in [3.63, 3.8) is 0 Å². The lowest BCUT2D eigenvalue weighted by molar-refractivity contribution is 0.101. The minimum Gasteiger partial charge on any atom is -0.322 e. The van der Waals surface area contributed by atoms with E-state index in [1.54, 1.807) is 18.2 Å². The van der Waals surface area contributed by atoms with Gasteiger partial charge in [0.1, 0.15) is 17.2 Å². The van der Waals surface area contributed by atoms with E-state index in [0.29, 0.717) is 12.2 Å². The Kier molecular flexibility index (Phi) is 4.61. The molecule has 0 unspecified atom stereocenters. The molecule has 1 N–H and O–H groups in total. The number of anilines is 1. The molecule has 0 spiro atoms. The van der Waals surface area contributed by atoms with Crippen molar-refractivity contribution in [3.05, 3.63) is 82.7 Å². The van der Waals surface area contributed by atoms with E-state index >= 15 is 0 Å². The SMILES string of the molecule is Cc1cc(C)n(Cc2cccc(NC(=O)c3c(F)cccc3F)c2)n1. The highest BCUT2D eigenvalue weighted by Gasteiger charge is 2.17. The van der Waals surface area contributed by atoms with Crippen LogP contribution in [0.2, 0.25) is 0 Å². The van der Waals surface area contributed by atoms with Crippen molar-refractivity contribution < 1.29 is 13.6 Å². The van der Waals surface area contributed by atoms with Crippen LogP contribution in [0.4, 0.5) is 14.5 Å². The highest BCUT2D eigenvalue weighted by molar-refractivity contribution is 6.04. The van der Waals surface area contributed by atoms with Gasteiger partial charge < -0.3 is 5.32 Å². The average Bonchev–Trinajstić information content (AvgIpc) is 2.85. The third kappa shape index (κ3) is 3.74. The summed E-state index contributed by atoms with van der Waals surface area (Å²) in [4.78, 5) is 12.2. The Morgan fingerprint density at radius 1 is 1.08 bits per heavy atom. The van der Waals surface area contributed by atoms with Crippen LogP contribution in [0.25, 0.3) is 0 Å². The fraction of sp³-hybridized carbons (Fsp3) is 0.158. The maximum Gasteiger partial charge on any atom is 0.261 e. The van der Waals surface area contributed by atoms with Crippen LogP contribution in [0, 0.1) is 25.5 Å². The predicted octanol–water partition coefficient (Wildman–Crippen LogP) is 4.08. The maximum absolute atomic E-state index is 13.7. The molecule has 0 atom stereocenters. The molecule has 3 aromatic rings. The van der Waals surface area contributed by atoms with Crippen LogP contribution in [-0.2, 0) is 6.54 Å². The third-order valence-electron chi connectivity index (χ3n) is 3.81. The van der Waals surface area contributed by atoms with E-state index in [1.807, 2.05) is 30.7 Å². The van der Waals surface area contributed by atoms with Gasteiger partial charge in [-0.15, -0.1) is 0 Å². The Bertz CT molecular complexity index is 914. The van der Waals surface area contributed by atoms with Gasteiger partial charge in [0.25, 0.3) is 5.91 Å². The van der Waals surface area contributed by atoms with Crippen molar-refractivity contribution in [3.8, 4) is 0 Å². The Labute approximate surface area is 144 Å². The third-order valence-corrected chi connectivity index (χ3v) is 3.81. The van der Waals surface area contributed by atoms with Crippen LogP contribution < -0.4 is 5.32 Å². The molecule has 0 fully saturated rings. The molecule has 0 aliphatic rings. The molecular weight excluding hydrogens is 324 g/mol. The van der Waals surface area contributed by atoms with E-state index in [0.717, 1.165) is 29.1 Å². The molecule has 0 radical (unpaired) electrons. The largest absolute Gasteiger partial charge is 0.322 e. The summed E-state index contributed by atoms with van der Waals surface area (Å²) in [6, 6.07) is 12.4. The van der Waals surface area contributed by atoms with Crippen LogP contribution in [0.5, 0.6) is 0 Å². The lowest BCUT2D eigenvalue weighted by Crippen LogP contribution is -2.16. The number of halogens is 2. The van der Waals surface area contributed by atoms with Gasteiger partial charge in [-0.2, -0.15) is 5.10 Å². The van der Waals surface area contributed by atoms with Crippen LogP contribution in [0.1, 0.15) is 27.3 Å². The molecule has 0 saturated carbocycles. The van der Waals surface area contributed by atoms with E-state index in [1.165, 1.54) is 6.07 Å². The molecule has 0 bridgehead atoms. The minimum absolute atomic E-state index is 0.465. The number of carbonyl (C=O) groups is 1. The summed E-state index contributed by atoms with van der Waals surface area (Å²) in [5.41, 5.74) is 2.74. The first-order valence-electron chi connectivity index (χ1n) is 7.79. The second-order valence-corrected chi connectivity index (χ2v) is 5.84. The van der Waals surface area contributed by atoms with Gasteiger partial charge in [-0.1, -0.05) is 18.2 Å². The smallest absolute Gasteiger partial charge is 0.261 e. The van der Waals surface area contributed by atoms with Crippen LogP contribution >= 0.6 is 0 Å². The van der Waals surface area contributed by atoms with Crippen molar-refractivity contribution >= 4 is 11.6 Å². The van der Waals surface area contributed by atoms with E-state index < -0.39 is 23.1 Å². The quantitative estimate of drug-likeness (QED) is 0.777. The highest BCUT2D eigenvalue weighted by Crippen LogP contribution is 2.17. The van der Waals surface area contributed by atoms with Crippen LogP contribution in [0.15, 0.2) is 48.5 Å². The molecule has 1 heterocycles. The van der Waals surface area contributed by atoms with Crippen LogP contribution in [0.3, 0.4) is 0 Å². The molecular formula is C19H17F2N3O. The van der Waals surface area contributed by atoms with Gasteiger partial charge in [0.2, 0.25) is 0 Å². The first-order chi connectivity index (χ1) is 11.9. The molecule has 0 saturated heterocycles. The Morgan fingerprint density at radius 2 is 1.76 bits per heavy atom. The molecule has 6 heteroatoms. The number of carbonyl (C=O) groups excluding carboxylic acids is 1. The molecule has 25 heavy (non-hydrogen) atoms. The number of rotatable bonds is 4. The van der Waals surface area contributed by atoms with Gasteiger partial charge in [0.15, 0.2) is 0 Å². The monoisotopic (exact) mass is 341 g/mol. The average molecular weight is 341 g/mol. The van der Waals surface area contributed by atoms with Crippen molar-refractivity contribution in [1.82, 2.24) is 9.78 Å². The van der Waals surface area contributed by atoms with Gasteiger partial charge in [0, 0.05) is 11.4 Å². The second-order valence-electron chi connectivity index (χ2n) is 5.84. The normalized spacial score (nSPS) is 10.7. The standard InChI is InChI=1S/C19H17F2N3O/c1-12-9-13(2)24(23-12)11-14-5-3-6-15(10-14)22-19(25)18-16(20)7-4-8-17(18)21/h3-10H,11H2,1-2H3,(H,22,25). The first-order valence-corrected chi connectivity index (χ1v) is 7.79. The zero-order chi connectivity index (χ0) is 18.0. The number of hydrogen-bond donors (Lipinski definition) is 1. The first kappa shape index (κ1) is 16.8. The summed E-state index contributed by atoms with van der Waals surface area (Å²) >= 11 is 0. The number of aryl methyl sites for hydroxylation is 2. The Hall–Kier alpha value is -3.02. The van der Waals surface area contributed by atoms with E-state index in [-0.39, 0.29) is 0 Å². The van der Waals surface area contributed by atoms with E-state index in [9.17, 15) is 13.6 Å². The Morgan fingerprint density at radius 3 is 2.40 bits per heavy atom. The number of amides is 1. The summed E-state index contributed by atoms with van der Waals surface area (Å²) in [5.74, 6) is -2.61. The lowest BCUT2D eigenvalue weighted by atomic mass is 10.1. The summed E-state index contributed by atoms with van der Waals surface area (Å²) < 4.78 is 29.3. The molecule has 128 valence electrons. The topological polar surface area (TPSA) is 46.9 Å². The van der Waals surface area contributed by atoms with E-state index in [2.05, 4.69) is 10.4 Å². The number of benzene rings is 2. The molecule has 2 aromatic carbocycles. The highest BCUT2D eigenvalue weighted by atomic mass is 19.1. The summed E-state index contributed by atoms with van der Waals surface area (Å²) in [5, 5.41) is 6.93. The van der Waals surface area contributed by atoms with Crippen molar-refractivity contribution in [2.75, 3.05) is 5.32 Å². The van der Waals surface area contributed by atoms with Gasteiger partial charge in [-0.3, -0.25) is 9.48 Å². The fourth-order valence-corrected chi connectivity index (χ4v) is 2.66. The molecule has 3 rings (SSSR count). The van der Waals surface area contributed by atoms with Crippen molar-refractivity contribution in [1.29, 1.82) is 0 Å². The zero-order valence-corrected chi connectivity index (χ0v) is 13.9. The summed E-state index contributed by atoms with van der Waals surface area (Å²) in [6.45, 7) is 4.42. The lowest BCUT2D eigenvalue weighted by Gasteiger charge is -2.10. The van der Waals surface area contributed by atoms with Crippen LogP contribution in [-0.4, -0.2) is 15.7 Å². The Balaban J connectivity index is 1.80. The summed E-state index contributed by atoms with van der Waals surface area (Å²) in [7, 11) is 0. The van der Waals surface area contributed by atoms with Gasteiger partial charge in [0.05, 0.1) is 12.2 Å². The number of hydrogen-bond acceptors (Lipinski definition) is 2. The fourth-order valence-electron chi connectivity index (χ4n) is 2.66. The maximum atomic E-state index is 13.7. The van der Waals surface area contributed by atoms with Gasteiger partial charge >= 0.3 is 0 Å². The molecule has 0 aliphatic heterocycles. The number of nitrogens with zero attached hydrogens (tertiary/aromatic N) is 2. The molecule has 0 aliphatic carbocycles. The molecule has 1 amide bonds. The van der Waals surface area contributed by atoms with Gasteiger partial charge in [-0.05, 0) is 49.7 Å². The van der Waals surface area contributed by atoms with Crippen molar-refractivity contribution in [2.24, 2.45) is 0 Å². The number of aromatic nitrogens is 2. The second kappa shape index (κ2) is 6.84. The molecule has 4 nitrogen and oxygen atoms in total. The van der Waals surface area contributed by atoms with Gasteiger partial charge in [-0.25, -0.2) is 8.78 Å². The zero-order valence-electron chi connectivity index (χ0n) is 13.9. The summed E-state index contributed by atoms with van der Waals surface area (Å²) in [6.07, 6.45) is 0.